The second-order valence-corrected chi connectivity index (χ2v) is 7.65. The van der Waals surface area contributed by atoms with Crippen LogP contribution >= 0.6 is 0 Å². The van der Waals surface area contributed by atoms with Crippen molar-refractivity contribution >= 4 is 10.8 Å². The molecule has 1 aliphatic heterocycles. The average molecular weight is 438 g/mol. The van der Waals surface area contributed by atoms with Crippen molar-refractivity contribution in [2.75, 3.05) is 13.7 Å². The molecule has 0 radical (unpaired) electrons. The summed E-state index contributed by atoms with van der Waals surface area (Å²) in [5.74, 6) is 1.24. The van der Waals surface area contributed by atoms with Crippen LogP contribution in [-0.2, 0) is 0 Å². The van der Waals surface area contributed by atoms with E-state index in [0.717, 1.165) is 33.2 Å². The molecular weight excluding hydrogens is 416 g/mol. The number of benzene rings is 3. The molecule has 0 unspecified atom stereocenters. The first-order chi connectivity index (χ1) is 16.1. The molecule has 0 spiro atoms. The predicted octanol–water partition coefficient (Wildman–Crippen LogP) is 4.86. The molecule has 1 aromatic heterocycles. The van der Waals surface area contributed by atoms with Gasteiger partial charge in [-0.05, 0) is 41.5 Å². The number of nitrogens with two attached hydrogens (primary N) is 1. The Morgan fingerprint density at radius 1 is 1.09 bits per heavy atom. The summed E-state index contributed by atoms with van der Waals surface area (Å²) in [6, 6.07) is 22.1. The van der Waals surface area contributed by atoms with E-state index in [0.29, 0.717) is 29.6 Å². The Labute approximate surface area is 191 Å². The van der Waals surface area contributed by atoms with E-state index < -0.39 is 5.92 Å². The van der Waals surface area contributed by atoms with E-state index in [2.05, 4.69) is 28.4 Å². The van der Waals surface area contributed by atoms with Crippen molar-refractivity contribution in [2.24, 2.45) is 5.73 Å². The lowest BCUT2D eigenvalue weighted by Gasteiger charge is -2.24. The van der Waals surface area contributed by atoms with Crippen LogP contribution in [0, 0.1) is 11.3 Å². The molecule has 3 N–H and O–H groups in total. The van der Waals surface area contributed by atoms with Crippen LogP contribution in [-0.4, -0.2) is 23.9 Å². The SMILES string of the molecule is CCOc1ccc(-c2[nH]nc3c2[C@H](c2ccc4ccccc4c2)C(C#N)=C(N)O3)cc1OC. The number of nitrogens with zero attached hydrogens (tertiary/aromatic N) is 2. The third kappa shape index (κ3) is 3.42. The van der Waals surface area contributed by atoms with E-state index in [1.165, 1.54) is 0 Å². The van der Waals surface area contributed by atoms with Gasteiger partial charge in [-0.1, -0.05) is 42.5 Å². The highest BCUT2D eigenvalue weighted by molar-refractivity contribution is 5.84. The van der Waals surface area contributed by atoms with Gasteiger partial charge in [-0.25, -0.2) is 0 Å². The Kier molecular flexibility index (Phi) is 5.11. The van der Waals surface area contributed by atoms with Crippen LogP contribution in [0.2, 0.25) is 0 Å². The highest BCUT2D eigenvalue weighted by atomic mass is 16.5. The molecule has 0 aliphatic carbocycles. The molecule has 0 fully saturated rings. The molecule has 1 aliphatic rings. The number of nitrogens with one attached hydrogen (secondary N) is 1. The van der Waals surface area contributed by atoms with Crippen molar-refractivity contribution in [3.8, 4) is 34.7 Å². The van der Waals surface area contributed by atoms with Gasteiger partial charge >= 0.3 is 0 Å². The Balaban J connectivity index is 1.70. The summed E-state index contributed by atoms with van der Waals surface area (Å²) in [6.45, 7) is 2.45. The summed E-state index contributed by atoms with van der Waals surface area (Å²) in [5.41, 5.74) is 9.72. The number of aromatic nitrogens is 2. The molecule has 1 atom stereocenters. The first kappa shape index (κ1) is 20.5. The normalized spacial score (nSPS) is 15.0. The number of nitriles is 1. The van der Waals surface area contributed by atoms with Crippen molar-refractivity contribution in [3.63, 3.8) is 0 Å². The van der Waals surface area contributed by atoms with Crippen molar-refractivity contribution in [2.45, 2.75) is 12.8 Å². The number of fused-ring (bicyclic) bond motifs is 2. The van der Waals surface area contributed by atoms with E-state index in [9.17, 15) is 5.26 Å². The van der Waals surface area contributed by atoms with E-state index in [4.69, 9.17) is 19.9 Å². The number of rotatable bonds is 5. The summed E-state index contributed by atoms with van der Waals surface area (Å²) in [7, 11) is 1.60. The molecule has 3 aromatic carbocycles. The van der Waals surface area contributed by atoms with Crippen LogP contribution in [0.15, 0.2) is 72.1 Å². The number of H-pyrrole nitrogens is 1. The molecular formula is C26H22N4O3. The summed E-state index contributed by atoms with van der Waals surface area (Å²) < 4.78 is 16.9. The Morgan fingerprint density at radius 3 is 2.67 bits per heavy atom. The minimum Gasteiger partial charge on any atom is -0.493 e. The zero-order valence-electron chi connectivity index (χ0n) is 18.3. The van der Waals surface area contributed by atoms with Gasteiger partial charge in [-0.3, -0.25) is 5.10 Å². The Morgan fingerprint density at radius 2 is 1.91 bits per heavy atom. The zero-order chi connectivity index (χ0) is 22.9. The van der Waals surface area contributed by atoms with Gasteiger partial charge in [0.1, 0.15) is 11.6 Å². The maximum Gasteiger partial charge on any atom is 0.244 e. The molecule has 0 amide bonds. The Hall–Kier alpha value is -4.44. The van der Waals surface area contributed by atoms with E-state index in [1.54, 1.807) is 7.11 Å². The summed E-state index contributed by atoms with van der Waals surface area (Å²) in [5, 5.41) is 19.6. The monoisotopic (exact) mass is 438 g/mol. The molecule has 7 heteroatoms. The van der Waals surface area contributed by atoms with Gasteiger partial charge in [0.2, 0.25) is 11.8 Å². The van der Waals surface area contributed by atoms with Crippen LogP contribution < -0.4 is 19.9 Å². The summed E-state index contributed by atoms with van der Waals surface area (Å²) in [4.78, 5) is 0. The van der Waals surface area contributed by atoms with Crippen molar-refractivity contribution in [1.29, 1.82) is 5.26 Å². The molecule has 164 valence electrons. The van der Waals surface area contributed by atoms with Gasteiger partial charge in [0.25, 0.3) is 0 Å². The molecule has 33 heavy (non-hydrogen) atoms. The van der Waals surface area contributed by atoms with Crippen LogP contribution in [0.3, 0.4) is 0 Å². The highest BCUT2D eigenvalue weighted by Gasteiger charge is 2.35. The second kappa shape index (κ2) is 8.24. The van der Waals surface area contributed by atoms with Gasteiger partial charge in [-0.15, -0.1) is 5.10 Å². The molecule has 5 rings (SSSR count). The maximum absolute atomic E-state index is 9.97. The number of ether oxygens (including phenoxy) is 3. The molecule has 0 saturated heterocycles. The highest BCUT2D eigenvalue weighted by Crippen LogP contribution is 2.46. The fourth-order valence-electron chi connectivity index (χ4n) is 4.28. The summed E-state index contributed by atoms with van der Waals surface area (Å²) in [6.07, 6.45) is 0. The van der Waals surface area contributed by atoms with Gasteiger partial charge in [0, 0.05) is 5.56 Å². The van der Waals surface area contributed by atoms with Gasteiger partial charge in [-0.2, -0.15) is 5.26 Å². The average Bonchev–Trinajstić information content (AvgIpc) is 3.26. The lowest BCUT2D eigenvalue weighted by molar-refractivity contribution is 0.311. The quantitative estimate of drug-likeness (QED) is 0.461. The molecule has 7 nitrogen and oxygen atoms in total. The first-order valence-electron chi connectivity index (χ1n) is 10.6. The Bertz CT molecular complexity index is 1430. The lowest BCUT2D eigenvalue weighted by Crippen LogP contribution is -2.21. The van der Waals surface area contributed by atoms with Crippen LogP contribution in [0.5, 0.6) is 17.4 Å². The van der Waals surface area contributed by atoms with Crippen molar-refractivity contribution in [3.05, 3.63) is 83.2 Å². The third-order valence-electron chi connectivity index (χ3n) is 5.80. The number of allylic oxidation sites excluding steroid dienone is 1. The third-order valence-corrected chi connectivity index (χ3v) is 5.80. The molecule has 0 bridgehead atoms. The number of hydrogen-bond acceptors (Lipinski definition) is 6. The van der Waals surface area contributed by atoms with E-state index >= 15 is 0 Å². The standard InChI is InChI=1S/C26H22N4O3/c1-3-32-20-11-10-18(13-21(20)31-2)24-23-22(19(14-27)25(28)33-26(23)30-29-24)17-9-8-15-6-4-5-7-16(15)12-17/h4-13,22H,3,28H2,1-2H3,(H,29,30)/t22-/m1/s1. The fourth-order valence-corrected chi connectivity index (χ4v) is 4.28. The minimum atomic E-state index is -0.435. The van der Waals surface area contributed by atoms with Gasteiger partial charge in [0.15, 0.2) is 11.5 Å². The van der Waals surface area contributed by atoms with Crippen molar-refractivity contribution < 1.29 is 14.2 Å². The van der Waals surface area contributed by atoms with Gasteiger partial charge < -0.3 is 19.9 Å². The fraction of sp³-hybridized carbons (Fsp3) is 0.154. The number of methoxy groups -OCH3 is 1. The molecule has 2 heterocycles. The second-order valence-electron chi connectivity index (χ2n) is 7.65. The summed E-state index contributed by atoms with van der Waals surface area (Å²) >= 11 is 0. The zero-order valence-corrected chi connectivity index (χ0v) is 18.3. The van der Waals surface area contributed by atoms with Gasteiger partial charge in [0.05, 0.1) is 30.9 Å². The number of hydrogen-bond donors (Lipinski definition) is 2. The first-order valence-corrected chi connectivity index (χ1v) is 10.6. The largest absolute Gasteiger partial charge is 0.493 e. The smallest absolute Gasteiger partial charge is 0.244 e. The van der Waals surface area contributed by atoms with Crippen LogP contribution in [0.4, 0.5) is 0 Å². The molecule has 4 aromatic rings. The van der Waals surface area contributed by atoms with Crippen molar-refractivity contribution in [1.82, 2.24) is 10.2 Å². The predicted molar refractivity (Wildman–Crippen MR) is 125 cm³/mol. The van der Waals surface area contributed by atoms with Crippen LogP contribution in [0.1, 0.15) is 24.0 Å². The molecule has 0 saturated carbocycles. The van der Waals surface area contributed by atoms with Crippen LogP contribution in [0.25, 0.3) is 22.0 Å². The van der Waals surface area contributed by atoms with E-state index in [-0.39, 0.29) is 5.88 Å². The maximum atomic E-state index is 9.97. The minimum absolute atomic E-state index is 0.0606. The van der Waals surface area contributed by atoms with E-state index in [1.807, 2.05) is 55.5 Å². The topological polar surface area (TPSA) is 106 Å². The lowest BCUT2D eigenvalue weighted by atomic mass is 9.82. The number of aromatic amines is 1.